The summed E-state index contributed by atoms with van der Waals surface area (Å²) < 4.78 is 9.60. The summed E-state index contributed by atoms with van der Waals surface area (Å²) in [4.78, 5) is 22.5. The van der Waals surface area contributed by atoms with Gasteiger partial charge in [0.15, 0.2) is 0 Å². The van der Waals surface area contributed by atoms with Gasteiger partial charge < -0.3 is 9.47 Å². The standard InChI is InChI=1S/C14H14O4/c1-3-10-18-14(16)13(15)9-6-11-4-7-12(17-2)8-5-11/h3-9H,1,10H2,2H3/b9-6+. The monoisotopic (exact) mass is 246 g/mol. The van der Waals surface area contributed by atoms with E-state index in [1.165, 1.54) is 18.2 Å². The average molecular weight is 246 g/mol. The van der Waals surface area contributed by atoms with Gasteiger partial charge in [0.2, 0.25) is 0 Å². The van der Waals surface area contributed by atoms with Crippen molar-refractivity contribution in [2.45, 2.75) is 0 Å². The van der Waals surface area contributed by atoms with Crippen molar-refractivity contribution in [3.63, 3.8) is 0 Å². The Bertz CT molecular complexity index is 457. The van der Waals surface area contributed by atoms with Gasteiger partial charge in [0, 0.05) is 0 Å². The molecular weight excluding hydrogens is 232 g/mol. The van der Waals surface area contributed by atoms with Crippen LogP contribution >= 0.6 is 0 Å². The first kappa shape index (κ1) is 13.7. The van der Waals surface area contributed by atoms with E-state index in [-0.39, 0.29) is 6.61 Å². The van der Waals surface area contributed by atoms with E-state index in [0.29, 0.717) is 0 Å². The smallest absolute Gasteiger partial charge is 0.379 e. The quantitative estimate of drug-likeness (QED) is 0.333. The number of rotatable bonds is 6. The Kier molecular flexibility index (Phi) is 5.38. The molecule has 0 unspecified atom stereocenters. The Hall–Kier alpha value is -2.36. The van der Waals surface area contributed by atoms with Crippen LogP contribution in [0.2, 0.25) is 0 Å². The number of carbonyl (C=O) groups is 2. The fourth-order valence-electron chi connectivity index (χ4n) is 1.16. The predicted octanol–water partition coefficient (Wildman–Crippen LogP) is 2.01. The van der Waals surface area contributed by atoms with Crippen molar-refractivity contribution >= 4 is 17.8 Å². The molecule has 0 atom stereocenters. The molecule has 94 valence electrons. The Morgan fingerprint density at radius 3 is 2.50 bits per heavy atom. The van der Waals surface area contributed by atoms with Crippen molar-refractivity contribution in [1.29, 1.82) is 0 Å². The van der Waals surface area contributed by atoms with E-state index in [1.54, 1.807) is 31.4 Å². The van der Waals surface area contributed by atoms with Crippen LogP contribution in [0, 0.1) is 0 Å². The second kappa shape index (κ2) is 7.06. The molecule has 4 heteroatoms. The summed E-state index contributed by atoms with van der Waals surface area (Å²) in [5, 5.41) is 0. The first-order valence-electron chi connectivity index (χ1n) is 5.31. The normalized spacial score (nSPS) is 10.1. The number of methoxy groups -OCH3 is 1. The number of ether oxygens (including phenoxy) is 2. The second-order valence-corrected chi connectivity index (χ2v) is 3.36. The van der Waals surface area contributed by atoms with Crippen molar-refractivity contribution in [1.82, 2.24) is 0 Å². The summed E-state index contributed by atoms with van der Waals surface area (Å²) in [5.74, 6) is -0.865. The minimum Gasteiger partial charge on any atom is -0.497 e. The lowest BCUT2D eigenvalue weighted by Gasteiger charge is -1.99. The third-order valence-electron chi connectivity index (χ3n) is 2.08. The zero-order chi connectivity index (χ0) is 13.4. The fraction of sp³-hybridized carbons (Fsp3) is 0.143. The highest BCUT2D eigenvalue weighted by Gasteiger charge is 2.10. The summed E-state index contributed by atoms with van der Waals surface area (Å²) in [6.07, 6.45) is 4.11. The number of hydrogen-bond donors (Lipinski definition) is 0. The van der Waals surface area contributed by atoms with Gasteiger partial charge in [0.1, 0.15) is 12.4 Å². The van der Waals surface area contributed by atoms with Crippen LogP contribution in [0.15, 0.2) is 43.0 Å². The topological polar surface area (TPSA) is 52.6 Å². The number of hydrogen-bond acceptors (Lipinski definition) is 4. The highest BCUT2D eigenvalue weighted by atomic mass is 16.5. The molecule has 0 bridgehead atoms. The van der Waals surface area contributed by atoms with Crippen LogP contribution in [0.25, 0.3) is 6.08 Å². The van der Waals surface area contributed by atoms with Gasteiger partial charge in [0.05, 0.1) is 7.11 Å². The van der Waals surface area contributed by atoms with Crippen molar-refractivity contribution in [2.75, 3.05) is 13.7 Å². The molecule has 0 aliphatic heterocycles. The van der Waals surface area contributed by atoms with Crippen LogP contribution in [0.1, 0.15) is 5.56 Å². The maximum absolute atomic E-state index is 11.3. The molecule has 0 aliphatic rings. The number of benzene rings is 1. The van der Waals surface area contributed by atoms with Crippen LogP contribution in [0.5, 0.6) is 5.75 Å². The Morgan fingerprint density at radius 1 is 1.28 bits per heavy atom. The van der Waals surface area contributed by atoms with E-state index in [1.807, 2.05) is 0 Å². The van der Waals surface area contributed by atoms with Gasteiger partial charge in [-0.15, -0.1) is 0 Å². The maximum atomic E-state index is 11.3. The molecule has 4 nitrogen and oxygen atoms in total. The lowest BCUT2D eigenvalue weighted by Crippen LogP contribution is -2.14. The van der Waals surface area contributed by atoms with E-state index in [9.17, 15) is 9.59 Å². The molecule has 1 rings (SSSR count). The minimum atomic E-state index is -0.889. The minimum absolute atomic E-state index is 0.0287. The van der Waals surface area contributed by atoms with Crippen LogP contribution < -0.4 is 4.74 Å². The molecule has 0 radical (unpaired) electrons. The van der Waals surface area contributed by atoms with E-state index in [4.69, 9.17) is 4.74 Å². The highest BCUT2D eigenvalue weighted by Crippen LogP contribution is 2.12. The van der Waals surface area contributed by atoms with Crippen LogP contribution in [-0.4, -0.2) is 25.5 Å². The Morgan fingerprint density at radius 2 is 1.94 bits per heavy atom. The zero-order valence-electron chi connectivity index (χ0n) is 10.1. The van der Waals surface area contributed by atoms with Gasteiger partial charge in [0.25, 0.3) is 5.78 Å². The van der Waals surface area contributed by atoms with E-state index in [2.05, 4.69) is 11.3 Å². The molecule has 1 aromatic carbocycles. The first-order chi connectivity index (χ1) is 8.67. The molecule has 0 saturated carbocycles. The van der Waals surface area contributed by atoms with Gasteiger partial charge in [-0.2, -0.15) is 0 Å². The Labute approximate surface area is 106 Å². The Balaban J connectivity index is 2.59. The number of ketones is 1. The average Bonchev–Trinajstić information content (AvgIpc) is 2.42. The molecule has 18 heavy (non-hydrogen) atoms. The number of esters is 1. The number of carbonyl (C=O) groups excluding carboxylic acids is 2. The fourth-order valence-corrected chi connectivity index (χ4v) is 1.16. The third kappa shape index (κ3) is 4.25. The van der Waals surface area contributed by atoms with Crippen molar-refractivity contribution in [3.8, 4) is 5.75 Å². The van der Waals surface area contributed by atoms with Gasteiger partial charge in [-0.3, -0.25) is 4.79 Å². The molecule has 0 fully saturated rings. The van der Waals surface area contributed by atoms with E-state index >= 15 is 0 Å². The van der Waals surface area contributed by atoms with E-state index < -0.39 is 11.8 Å². The largest absolute Gasteiger partial charge is 0.497 e. The zero-order valence-corrected chi connectivity index (χ0v) is 10.1. The molecule has 1 aromatic rings. The van der Waals surface area contributed by atoms with Gasteiger partial charge in [-0.25, -0.2) is 4.79 Å². The molecule has 0 amide bonds. The van der Waals surface area contributed by atoms with Crippen molar-refractivity contribution < 1.29 is 19.1 Å². The molecular formula is C14H14O4. The molecule has 0 N–H and O–H groups in total. The van der Waals surface area contributed by atoms with Gasteiger partial charge in [-0.1, -0.05) is 30.9 Å². The molecule has 0 saturated heterocycles. The summed E-state index contributed by atoms with van der Waals surface area (Å²) in [6, 6.07) is 7.08. The molecule has 0 spiro atoms. The second-order valence-electron chi connectivity index (χ2n) is 3.36. The van der Waals surface area contributed by atoms with Crippen LogP contribution in [-0.2, 0) is 14.3 Å². The summed E-state index contributed by atoms with van der Waals surface area (Å²) in [5.41, 5.74) is 0.792. The molecule has 0 aliphatic carbocycles. The van der Waals surface area contributed by atoms with Gasteiger partial charge >= 0.3 is 5.97 Å². The summed E-state index contributed by atoms with van der Waals surface area (Å²) in [6.45, 7) is 3.41. The van der Waals surface area contributed by atoms with Crippen molar-refractivity contribution in [2.24, 2.45) is 0 Å². The SMILES string of the molecule is C=CCOC(=O)C(=O)/C=C/c1ccc(OC)cc1. The summed E-state index contributed by atoms with van der Waals surface area (Å²) in [7, 11) is 1.57. The highest BCUT2D eigenvalue weighted by molar-refractivity contribution is 6.39. The first-order valence-corrected chi connectivity index (χ1v) is 5.31. The van der Waals surface area contributed by atoms with Crippen molar-refractivity contribution in [3.05, 3.63) is 48.6 Å². The lowest BCUT2D eigenvalue weighted by molar-refractivity contribution is -0.150. The maximum Gasteiger partial charge on any atom is 0.379 e. The molecule has 0 aromatic heterocycles. The van der Waals surface area contributed by atoms with Crippen LogP contribution in [0.4, 0.5) is 0 Å². The lowest BCUT2D eigenvalue weighted by atomic mass is 10.2. The summed E-state index contributed by atoms with van der Waals surface area (Å²) >= 11 is 0. The molecule has 0 heterocycles. The van der Waals surface area contributed by atoms with Crippen LogP contribution in [0.3, 0.4) is 0 Å². The van der Waals surface area contributed by atoms with E-state index in [0.717, 1.165) is 11.3 Å². The third-order valence-corrected chi connectivity index (χ3v) is 2.08. The van der Waals surface area contributed by atoms with Gasteiger partial charge in [-0.05, 0) is 23.8 Å². The predicted molar refractivity (Wildman–Crippen MR) is 68.2 cm³/mol.